The highest BCUT2D eigenvalue weighted by Crippen LogP contribution is 2.54. The molecule has 0 radical (unpaired) electrons. The van der Waals surface area contributed by atoms with Gasteiger partial charge in [0.25, 0.3) is 0 Å². The molecule has 3 aromatic carbocycles. The number of nitrogens with zero attached hydrogens (tertiary/aromatic N) is 2. The van der Waals surface area contributed by atoms with Crippen molar-refractivity contribution in [3.05, 3.63) is 167 Å². The summed E-state index contributed by atoms with van der Waals surface area (Å²) in [6.45, 7) is 0. The van der Waals surface area contributed by atoms with Crippen LogP contribution in [-0.2, 0) is 0 Å². The van der Waals surface area contributed by atoms with Crippen molar-refractivity contribution in [1.82, 2.24) is 0 Å². The molecule has 0 saturated carbocycles. The summed E-state index contributed by atoms with van der Waals surface area (Å²) in [7, 11) is 0. The molecule has 7 unspecified atom stereocenters. The van der Waals surface area contributed by atoms with Crippen LogP contribution < -0.4 is 9.80 Å². The molecule has 0 N–H and O–H groups in total. The van der Waals surface area contributed by atoms with E-state index in [2.05, 4.69) is 137 Å². The largest absolute Gasteiger partial charge is 0.364 e. The Balaban J connectivity index is 1.01. The molecule has 0 aromatic heterocycles. The predicted molar refractivity (Wildman–Crippen MR) is 209 cm³/mol. The Bertz CT molecular complexity index is 1950. The van der Waals surface area contributed by atoms with Crippen LogP contribution in [0.4, 0.5) is 11.4 Å². The molecule has 0 saturated heterocycles. The van der Waals surface area contributed by atoms with E-state index in [1.54, 1.807) is 28.0 Å². The quantitative estimate of drug-likeness (QED) is 0.253. The number of hydrogen-bond acceptors (Lipinski definition) is 2. The van der Waals surface area contributed by atoms with Gasteiger partial charge in [-0.15, -0.1) is 0 Å². The van der Waals surface area contributed by atoms with Crippen LogP contribution in [0, 0.1) is 0 Å². The van der Waals surface area contributed by atoms with Crippen molar-refractivity contribution in [2.24, 2.45) is 0 Å². The number of fused-ring (bicyclic) bond motifs is 6. The molecule has 2 heteroatoms. The number of hydrogen-bond donors (Lipinski definition) is 0. The van der Waals surface area contributed by atoms with Gasteiger partial charge in [-0.1, -0.05) is 115 Å². The second kappa shape index (κ2) is 12.8. The van der Waals surface area contributed by atoms with Crippen LogP contribution in [0.15, 0.2) is 144 Å². The average molecular weight is 655 g/mol. The second-order valence-corrected chi connectivity index (χ2v) is 16.0. The van der Waals surface area contributed by atoms with Gasteiger partial charge >= 0.3 is 0 Å². The van der Waals surface area contributed by atoms with Crippen LogP contribution in [0.2, 0.25) is 0 Å². The van der Waals surface area contributed by atoms with Gasteiger partial charge in [-0.3, -0.25) is 0 Å². The van der Waals surface area contributed by atoms with Crippen LogP contribution >= 0.6 is 0 Å². The van der Waals surface area contributed by atoms with Crippen molar-refractivity contribution in [3.8, 4) is 0 Å². The van der Waals surface area contributed by atoms with Crippen molar-refractivity contribution in [3.63, 3.8) is 0 Å². The topological polar surface area (TPSA) is 6.48 Å². The Morgan fingerprint density at radius 2 is 1.58 bits per heavy atom. The Morgan fingerprint density at radius 1 is 0.660 bits per heavy atom. The zero-order valence-corrected chi connectivity index (χ0v) is 29.3. The fourth-order valence-electron chi connectivity index (χ4n) is 10.9. The number of rotatable bonds is 5. The van der Waals surface area contributed by atoms with Crippen LogP contribution in [0.5, 0.6) is 0 Å². The standard InChI is InChI=1S/C48H50N2/c1-4-14-33(15-5-1)37-28-38(34-16-6-2-7-17-34)30-40(29-37)50-45-22-12-10-20-41(45)43-26-24-36(32-48(43)50)35-25-27-47-44(31-35)42-21-11-13-23-46(42)49(47)39-18-8-3-9-19-39/h1-2,4-6,10-11,13-16,18,20-21,23-28,32,35,37,40-41,44-45,47H,3,7-9,12,17,19,22,29-31H2. The molecule has 2 heterocycles. The fourth-order valence-corrected chi connectivity index (χ4v) is 10.9. The lowest BCUT2D eigenvalue weighted by Crippen LogP contribution is -2.44. The summed E-state index contributed by atoms with van der Waals surface area (Å²) in [4.78, 5) is 5.66. The Hall–Kier alpha value is -4.30. The van der Waals surface area contributed by atoms with Crippen molar-refractivity contribution in [2.75, 3.05) is 9.80 Å². The minimum absolute atomic E-state index is 0.438. The van der Waals surface area contributed by atoms with E-state index in [4.69, 9.17) is 0 Å². The molecule has 0 bridgehead atoms. The molecule has 0 spiro atoms. The molecule has 50 heavy (non-hydrogen) atoms. The van der Waals surface area contributed by atoms with Gasteiger partial charge in [-0.2, -0.15) is 0 Å². The van der Waals surface area contributed by atoms with E-state index in [1.165, 1.54) is 80.3 Å². The van der Waals surface area contributed by atoms with Gasteiger partial charge in [0, 0.05) is 52.8 Å². The van der Waals surface area contributed by atoms with Crippen molar-refractivity contribution < 1.29 is 0 Å². The van der Waals surface area contributed by atoms with Gasteiger partial charge in [-0.05, 0) is 116 Å². The lowest BCUT2D eigenvalue weighted by molar-refractivity contribution is 0.429. The summed E-state index contributed by atoms with van der Waals surface area (Å²) in [5, 5.41) is 0. The SMILES string of the molecule is C1=CCCC(C2=CC(c3ccccc3)CC(N3c4cc(C5C=CC6C(C5)c5ccccc5N6C5=CCCCC5)ccc4C4C=CCCC43)C2)=C1. The monoisotopic (exact) mass is 654 g/mol. The van der Waals surface area contributed by atoms with E-state index in [0.717, 1.165) is 12.8 Å². The van der Waals surface area contributed by atoms with E-state index >= 15 is 0 Å². The van der Waals surface area contributed by atoms with E-state index in [9.17, 15) is 0 Å². The third kappa shape index (κ3) is 5.21. The van der Waals surface area contributed by atoms with E-state index in [-0.39, 0.29) is 0 Å². The maximum Gasteiger partial charge on any atom is 0.0588 e. The van der Waals surface area contributed by atoms with Gasteiger partial charge in [0.15, 0.2) is 0 Å². The molecule has 7 aliphatic rings. The Labute approximate surface area is 299 Å². The van der Waals surface area contributed by atoms with Crippen molar-refractivity contribution in [1.29, 1.82) is 0 Å². The molecule has 0 fully saturated rings. The van der Waals surface area contributed by atoms with Gasteiger partial charge in [0.05, 0.1) is 6.04 Å². The second-order valence-electron chi connectivity index (χ2n) is 16.0. The molecule has 3 aromatic rings. The molecule has 0 amide bonds. The molecule has 2 nitrogen and oxygen atoms in total. The smallest absolute Gasteiger partial charge is 0.0588 e. The van der Waals surface area contributed by atoms with Crippen LogP contribution in [-0.4, -0.2) is 18.1 Å². The van der Waals surface area contributed by atoms with Crippen molar-refractivity contribution >= 4 is 11.4 Å². The average Bonchev–Trinajstić information content (AvgIpc) is 3.71. The molecule has 2 aliphatic heterocycles. The highest BCUT2D eigenvalue weighted by molar-refractivity contribution is 5.69. The highest BCUT2D eigenvalue weighted by atomic mass is 15.2. The minimum atomic E-state index is 0.438. The molecule has 7 atom stereocenters. The Morgan fingerprint density at radius 3 is 2.46 bits per heavy atom. The lowest BCUT2D eigenvalue weighted by atomic mass is 9.77. The van der Waals surface area contributed by atoms with Crippen LogP contribution in [0.25, 0.3) is 0 Å². The highest BCUT2D eigenvalue weighted by Gasteiger charge is 2.45. The first kappa shape index (κ1) is 30.5. The first-order valence-electron chi connectivity index (χ1n) is 19.8. The molecule has 252 valence electrons. The zero-order chi connectivity index (χ0) is 33.0. The number of allylic oxidation sites excluding steroid dienone is 9. The molecule has 5 aliphatic carbocycles. The number of benzene rings is 3. The first-order valence-corrected chi connectivity index (χ1v) is 19.8. The normalized spacial score (nSPS) is 31.0. The van der Waals surface area contributed by atoms with Gasteiger partial charge in [0.1, 0.15) is 0 Å². The van der Waals surface area contributed by atoms with E-state index in [0.29, 0.717) is 41.8 Å². The summed E-state index contributed by atoms with van der Waals surface area (Å²) in [5.74, 6) is 1.92. The number of para-hydroxylation sites is 1. The van der Waals surface area contributed by atoms with Gasteiger partial charge in [-0.25, -0.2) is 0 Å². The number of anilines is 2. The van der Waals surface area contributed by atoms with Crippen LogP contribution in [0.3, 0.4) is 0 Å². The lowest BCUT2D eigenvalue weighted by Gasteiger charge is -2.42. The maximum absolute atomic E-state index is 2.95. The van der Waals surface area contributed by atoms with Crippen LogP contribution in [0.1, 0.15) is 117 Å². The predicted octanol–water partition coefficient (Wildman–Crippen LogP) is 11.9. The fraction of sp³-hybridized carbons (Fsp3) is 0.375. The molecule has 10 rings (SSSR count). The first-order chi connectivity index (χ1) is 24.8. The molecular formula is C48H50N2. The zero-order valence-electron chi connectivity index (χ0n) is 29.3. The molecular weight excluding hydrogens is 605 g/mol. The Kier molecular flexibility index (Phi) is 7.81. The maximum atomic E-state index is 2.95. The van der Waals surface area contributed by atoms with E-state index in [1.807, 2.05) is 0 Å². The van der Waals surface area contributed by atoms with Gasteiger partial charge < -0.3 is 9.80 Å². The minimum Gasteiger partial charge on any atom is -0.364 e. The summed E-state index contributed by atoms with van der Waals surface area (Å²) < 4.78 is 0. The summed E-state index contributed by atoms with van der Waals surface area (Å²) >= 11 is 0. The third-order valence-corrected chi connectivity index (χ3v) is 13.2. The van der Waals surface area contributed by atoms with Crippen molar-refractivity contribution in [2.45, 2.75) is 112 Å². The van der Waals surface area contributed by atoms with E-state index < -0.39 is 0 Å². The summed E-state index contributed by atoms with van der Waals surface area (Å²) in [5.41, 5.74) is 13.8. The summed E-state index contributed by atoms with van der Waals surface area (Å²) in [6, 6.07) is 29.8. The summed E-state index contributed by atoms with van der Waals surface area (Å²) in [6.07, 6.45) is 35.7. The third-order valence-electron chi connectivity index (χ3n) is 13.2. The van der Waals surface area contributed by atoms with Gasteiger partial charge in [0.2, 0.25) is 0 Å².